The summed E-state index contributed by atoms with van der Waals surface area (Å²) in [5.41, 5.74) is 2.63. The maximum absolute atomic E-state index is 13.6. The lowest BCUT2D eigenvalue weighted by Crippen LogP contribution is -2.45. The van der Waals surface area contributed by atoms with Crippen molar-refractivity contribution in [1.29, 1.82) is 0 Å². The van der Waals surface area contributed by atoms with Gasteiger partial charge in [-0.3, -0.25) is 14.3 Å². The third kappa shape index (κ3) is 3.57. The molecule has 1 unspecified atom stereocenters. The first-order valence-electron chi connectivity index (χ1n) is 10.6. The second kappa shape index (κ2) is 8.11. The Labute approximate surface area is 200 Å². The number of hydrogen-bond acceptors (Lipinski definition) is 6. The third-order valence-corrected chi connectivity index (χ3v) is 7.16. The van der Waals surface area contributed by atoms with E-state index in [2.05, 4.69) is 15.5 Å². The van der Waals surface area contributed by atoms with Crippen molar-refractivity contribution in [1.82, 2.24) is 39.8 Å². The van der Waals surface area contributed by atoms with Gasteiger partial charge in [-0.05, 0) is 42.5 Å². The Morgan fingerprint density at radius 1 is 1.21 bits per heavy atom. The quantitative estimate of drug-likeness (QED) is 0.561. The average molecular weight is 489 g/mol. The van der Waals surface area contributed by atoms with Crippen molar-refractivity contribution in [2.75, 3.05) is 6.54 Å². The molecule has 0 saturated carbocycles. The summed E-state index contributed by atoms with van der Waals surface area (Å²) in [6.45, 7) is 5.25. The van der Waals surface area contributed by atoms with Gasteiger partial charge in [0.1, 0.15) is 5.69 Å². The first kappa shape index (κ1) is 21.8. The number of rotatable bonds is 3. The number of amides is 2. The number of halogens is 2. The zero-order chi connectivity index (χ0) is 23.4. The summed E-state index contributed by atoms with van der Waals surface area (Å²) in [5.74, 6) is 0.308. The number of hydrogen-bond donors (Lipinski definition) is 0. The Morgan fingerprint density at radius 2 is 2.00 bits per heavy atom. The number of tetrazole rings is 1. The van der Waals surface area contributed by atoms with Crippen LogP contribution in [0.2, 0.25) is 10.0 Å². The zero-order valence-electron chi connectivity index (χ0n) is 18.4. The summed E-state index contributed by atoms with van der Waals surface area (Å²) >= 11 is 12.1. The predicted molar refractivity (Wildman–Crippen MR) is 120 cm³/mol. The molecule has 4 heterocycles. The van der Waals surface area contributed by atoms with Crippen molar-refractivity contribution in [2.45, 2.75) is 45.4 Å². The van der Waals surface area contributed by atoms with Gasteiger partial charge in [0.2, 0.25) is 0 Å². The van der Waals surface area contributed by atoms with E-state index in [0.717, 1.165) is 11.3 Å². The van der Waals surface area contributed by atoms with Crippen molar-refractivity contribution in [3.63, 3.8) is 0 Å². The van der Waals surface area contributed by atoms with Crippen LogP contribution >= 0.6 is 23.2 Å². The van der Waals surface area contributed by atoms with E-state index in [1.54, 1.807) is 44.4 Å². The highest BCUT2D eigenvalue weighted by atomic mass is 35.5. The van der Waals surface area contributed by atoms with E-state index in [1.165, 1.54) is 0 Å². The van der Waals surface area contributed by atoms with Crippen LogP contribution in [0, 0.1) is 0 Å². The largest absolute Gasteiger partial charge is 0.331 e. The molecule has 12 heteroatoms. The maximum atomic E-state index is 13.6. The predicted octanol–water partition coefficient (Wildman–Crippen LogP) is 2.52. The van der Waals surface area contributed by atoms with Crippen molar-refractivity contribution >= 4 is 35.0 Å². The summed E-state index contributed by atoms with van der Waals surface area (Å²) < 4.78 is 3.34. The lowest BCUT2D eigenvalue weighted by atomic mass is 9.97. The van der Waals surface area contributed by atoms with Crippen molar-refractivity contribution in [3.8, 4) is 0 Å². The molecule has 0 fully saturated rings. The van der Waals surface area contributed by atoms with E-state index in [4.69, 9.17) is 28.3 Å². The number of nitrogens with zero attached hydrogens (tertiary/aromatic N) is 8. The number of carbonyl (C=O) groups excluding carboxylic acids is 2. The lowest BCUT2D eigenvalue weighted by molar-refractivity contribution is 0.0596. The Bertz CT molecular complexity index is 1270. The molecular formula is C21H22Cl2N8O2. The standard InChI is InChI=1S/C21H22Cl2N8O2/c1-11-8-17-14(10-30(11)20(32)13-4-5-15(22)16(23)9-13)18-21(33)29(6-7-31(18)25-17)12(2)19-24-26-27-28(19)3/h4-5,9,11-12H,6-8,10H2,1-3H3/t11-,12?/m1/s1. The van der Waals surface area contributed by atoms with E-state index in [0.29, 0.717) is 53.2 Å². The van der Waals surface area contributed by atoms with Crippen molar-refractivity contribution in [3.05, 3.63) is 56.6 Å². The van der Waals surface area contributed by atoms with Crippen LogP contribution in [-0.4, -0.2) is 64.2 Å². The fourth-order valence-corrected chi connectivity index (χ4v) is 4.90. The molecule has 2 aliphatic heterocycles. The summed E-state index contributed by atoms with van der Waals surface area (Å²) in [4.78, 5) is 30.4. The van der Waals surface area contributed by atoms with Gasteiger partial charge in [0.25, 0.3) is 11.8 Å². The van der Waals surface area contributed by atoms with E-state index in [-0.39, 0.29) is 23.9 Å². The highest BCUT2D eigenvalue weighted by Gasteiger charge is 2.39. The molecule has 2 atom stereocenters. The number of aromatic nitrogens is 6. The Morgan fingerprint density at radius 3 is 2.70 bits per heavy atom. The highest BCUT2D eigenvalue weighted by Crippen LogP contribution is 2.32. The molecule has 1 aromatic carbocycles. The third-order valence-electron chi connectivity index (χ3n) is 6.42. The summed E-state index contributed by atoms with van der Waals surface area (Å²) in [5, 5.41) is 17.1. The minimum Gasteiger partial charge on any atom is -0.331 e. The van der Waals surface area contributed by atoms with Gasteiger partial charge in [0.15, 0.2) is 5.82 Å². The summed E-state index contributed by atoms with van der Waals surface area (Å²) in [7, 11) is 1.75. The highest BCUT2D eigenvalue weighted by molar-refractivity contribution is 6.42. The fourth-order valence-electron chi connectivity index (χ4n) is 4.60. The van der Waals surface area contributed by atoms with Crippen molar-refractivity contribution < 1.29 is 9.59 Å². The lowest BCUT2D eigenvalue weighted by Gasteiger charge is -2.35. The van der Waals surface area contributed by atoms with Crippen LogP contribution in [-0.2, 0) is 26.6 Å². The van der Waals surface area contributed by atoms with Gasteiger partial charge in [-0.25, -0.2) is 4.68 Å². The molecule has 2 aromatic heterocycles. The fraction of sp³-hybridized carbons (Fsp3) is 0.429. The molecule has 0 aliphatic carbocycles. The molecule has 172 valence electrons. The molecule has 2 amide bonds. The second-order valence-corrected chi connectivity index (χ2v) is 9.26. The van der Waals surface area contributed by atoms with Crippen LogP contribution in [0.3, 0.4) is 0 Å². The molecule has 5 rings (SSSR count). The zero-order valence-corrected chi connectivity index (χ0v) is 19.9. The Kier molecular flexibility index (Phi) is 5.37. The second-order valence-electron chi connectivity index (χ2n) is 8.45. The van der Waals surface area contributed by atoms with E-state index >= 15 is 0 Å². The SMILES string of the molecule is CC(c1nnnn1C)N1CCn2nc3c(c2C1=O)CN(C(=O)c1ccc(Cl)c(Cl)c1)[C@H](C)C3. The van der Waals surface area contributed by atoms with Gasteiger partial charge in [-0.15, -0.1) is 5.10 Å². The van der Waals surface area contributed by atoms with Crippen LogP contribution in [0.1, 0.15) is 57.8 Å². The number of carbonyl (C=O) groups is 2. The monoisotopic (exact) mass is 488 g/mol. The summed E-state index contributed by atoms with van der Waals surface area (Å²) in [6, 6.07) is 4.48. The van der Waals surface area contributed by atoms with Crippen LogP contribution in [0.5, 0.6) is 0 Å². The van der Waals surface area contributed by atoms with Gasteiger partial charge < -0.3 is 9.80 Å². The minimum atomic E-state index is -0.298. The van der Waals surface area contributed by atoms with E-state index in [9.17, 15) is 9.59 Å². The molecule has 0 saturated heterocycles. The van der Waals surface area contributed by atoms with Gasteiger partial charge in [0, 0.05) is 37.2 Å². The first-order valence-corrected chi connectivity index (χ1v) is 11.4. The maximum Gasteiger partial charge on any atom is 0.273 e. The topological polar surface area (TPSA) is 102 Å². The van der Waals surface area contributed by atoms with Gasteiger partial charge in [-0.1, -0.05) is 23.2 Å². The molecule has 0 radical (unpaired) electrons. The molecule has 2 aliphatic rings. The normalized spacial score (nSPS) is 18.8. The van der Waals surface area contributed by atoms with Crippen LogP contribution in [0.15, 0.2) is 18.2 Å². The van der Waals surface area contributed by atoms with Gasteiger partial charge in [-0.2, -0.15) is 5.10 Å². The van der Waals surface area contributed by atoms with E-state index in [1.807, 2.05) is 13.8 Å². The Balaban J connectivity index is 1.46. The smallest absolute Gasteiger partial charge is 0.273 e. The molecule has 3 aromatic rings. The molecule has 10 nitrogen and oxygen atoms in total. The number of fused-ring (bicyclic) bond motifs is 3. The number of aryl methyl sites for hydroxylation is 1. The van der Waals surface area contributed by atoms with Crippen LogP contribution < -0.4 is 0 Å². The molecular weight excluding hydrogens is 467 g/mol. The van der Waals surface area contributed by atoms with Crippen LogP contribution in [0.25, 0.3) is 0 Å². The first-order chi connectivity index (χ1) is 15.8. The van der Waals surface area contributed by atoms with Gasteiger partial charge >= 0.3 is 0 Å². The van der Waals surface area contributed by atoms with Gasteiger partial charge in [0.05, 0.1) is 34.9 Å². The molecule has 33 heavy (non-hydrogen) atoms. The van der Waals surface area contributed by atoms with E-state index < -0.39 is 0 Å². The minimum absolute atomic E-state index is 0.0775. The van der Waals surface area contributed by atoms with Crippen molar-refractivity contribution in [2.24, 2.45) is 7.05 Å². The molecule has 0 spiro atoms. The number of benzene rings is 1. The summed E-state index contributed by atoms with van der Waals surface area (Å²) in [6.07, 6.45) is 0.568. The molecule has 0 N–H and O–H groups in total. The Hall–Kier alpha value is -2.98. The molecule has 0 bridgehead atoms. The van der Waals surface area contributed by atoms with Crippen LogP contribution in [0.4, 0.5) is 0 Å². The average Bonchev–Trinajstić information content (AvgIpc) is 3.37.